The maximum Gasteiger partial charge on any atom is 0.188 e. The number of nitrogens with zero attached hydrogens (tertiary/aromatic N) is 3. The fraction of sp³-hybridized carbons (Fsp3) is 0.611. The number of morpholine rings is 1. The Hall–Kier alpha value is -1.63. The molecule has 1 aliphatic rings. The summed E-state index contributed by atoms with van der Waals surface area (Å²) in [5, 5.41) is 3.19. The molecule has 1 heterocycles. The number of ether oxygens (including phenoxy) is 1. The van der Waals surface area contributed by atoms with Crippen LogP contribution in [0.15, 0.2) is 29.3 Å². The molecule has 6 heteroatoms. The van der Waals surface area contributed by atoms with Gasteiger partial charge in [-0.2, -0.15) is 0 Å². The van der Waals surface area contributed by atoms with Crippen molar-refractivity contribution in [3.63, 3.8) is 0 Å². The Balaban J connectivity index is 1.63. The van der Waals surface area contributed by atoms with Crippen molar-refractivity contribution in [3.05, 3.63) is 35.4 Å². The van der Waals surface area contributed by atoms with Crippen LogP contribution in [0.4, 0.5) is 0 Å². The van der Waals surface area contributed by atoms with E-state index in [1.807, 2.05) is 0 Å². The molecule has 0 bridgehead atoms. The molecule has 1 aromatic carbocycles. The van der Waals surface area contributed by atoms with E-state index < -0.39 is 0 Å². The summed E-state index contributed by atoms with van der Waals surface area (Å²) in [5.41, 5.74) is 8.42. The van der Waals surface area contributed by atoms with Gasteiger partial charge in [0.15, 0.2) is 5.96 Å². The maximum atomic E-state index is 5.94. The molecule has 24 heavy (non-hydrogen) atoms. The molecule has 1 fully saturated rings. The summed E-state index contributed by atoms with van der Waals surface area (Å²) < 4.78 is 5.35. The van der Waals surface area contributed by atoms with Gasteiger partial charge in [-0.25, -0.2) is 4.99 Å². The van der Waals surface area contributed by atoms with Crippen LogP contribution in [0.2, 0.25) is 0 Å². The number of nitrogens with two attached hydrogens (primary N) is 1. The number of nitrogens with one attached hydrogen (secondary N) is 1. The van der Waals surface area contributed by atoms with Crippen LogP contribution >= 0.6 is 0 Å². The SMILES string of the molecule is CN(C)Cc1ccc(CN=C(N)NCCCN2CCOCC2)cc1. The minimum atomic E-state index is 0.523. The Morgan fingerprint density at radius 2 is 1.88 bits per heavy atom. The molecule has 0 radical (unpaired) electrons. The molecule has 6 nitrogen and oxygen atoms in total. The summed E-state index contributed by atoms with van der Waals surface area (Å²) in [5.74, 6) is 0.523. The van der Waals surface area contributed by atoms with Crippen LogP contribution in [0.25, 0.3) is 0 Å². The highest BCUT2D eigenvalue weighted by Crippen LogP contribution is 2.07. The largest absolute Gasteiger partial charge is 0.379 e. The molecule has 1 aliphatic heterocycles. The van der Waals surface area contributed by atoms with Crippen LogP contribution in [0.1, 0.15) is 17.5 Å². The van der Waals surface area contributed by atoms with Crippen molar-refractivity contribution in [3.8, 4) is 0 Å². The van der Waals surface area contributed by atoms with Gasteiger partial charge in [-0.05, 0) is 38.2 Å². The smallest absolute Gasteiger partial charge is 0.188 e. The van der Waals surface area contributed by atoms with E-state index in [-0.39, 0.29) is 0 Å². The number of aliphatic imine (C=N–C) groups is 1. The van der Waals surface area contributed by atoms with E-state index in [2.05, 4.69) is 58.5 Å². The van der Waals surface area contributed by atoms with Gasteiger partial charge in [-0.15, -0.1) is 0 Å². The Kier molecular flexibility index (Phi) is 8.01. The summed E-state index contributed by atoms with van der Waals surface area (Å²) >= 11 is 0. The average Bonchev–Trinajstić information content (AvgIpc) is 2.58. The molecule has 0 aliphatic carbocycles. The van der Waals surface area contributed by atoms with Gasteiger partial charge in [-0.3, -0.25) is 4.90 Å². The quantitative estimate of drug-likeness (QED) is 0.420. The molecule has 2 rings (SSSR count). The highest BCUT2D eigenvalue weighted by atomic mass is 16.5. The lowest BCUT2D eigenvalue weighted by Crippen LogP contribution is -2.39. The molecule has 0 saturated carbocycles. The van der Waals surface area contributed by atoms with E-state index in [9.17, 15) is 0 Å². The number of hydrogen-bond donors (Lipinski definition) is 2. The van der Waals surface area contributed by atoms with Gasteiger partial charge in [0, 0.05) is 26.2 Å². The molecule has 1 aromatic rings. The summed E-state index contributed by atoms with van der Waals surface area (Å²) in [6.45, 7) is 7.28. The van der Waals surface area contributed by atoms with Crippen LogP contribution in [0, 0.1) is 0 Å². The second kappa shape index (κ2) is 10.3. The second-order valence-electron chi connectivity index (χ2n) is 6.49. The summed E-state index contributed by atoms with van der Waals surface area (Å²) in [4.78, 5) is 8.99. The normalized spacial score (nSPS) is 16.5. The van der Waals surface area contributed by atoms with Crippen LogP contribution in [-0.2, 0) is 17.8 Å². The first-order chi connectivity index (χ1) is 11.6. The third kappa shape index (κ3) is 7.29. The molecule has 0 atom stereocenters. The zero-order valence-electron chi connectivity index (χ0n) is 15.0. The van der Waals surface area contributed by atoms with E-state index in [4.69, 9.17) is 10.5 Å². The standard InChI is InChI=1S/C18H31N5O/c1-22(2)15-17-6-4-16(5-7-17)14-21-18(19)20-8-3-9-23-10-12-24-13-11-23/h4-7H,3,8-15H2,1-2H3,(H3,19,20,21). The van der Waals surface area contributed by atoms with Crippen molar-refractivity contribution in [2.45, 2.75) is 19.5 Å². The van der Waals surface area contributed by atoms with Crippen molar-refractivity contribution in [2.75, 3.05) is 53.5 Å². The van der Waals surface area contributed by atoms with Crippen molar-refractivity contribution < 1.29 is 4.74 Å². The lowest BCUT2D eigenvalue weighted by molar-refractivity contribution is 0.0376. The van der Waals surface area contributed by atoms with Crippen LogP contribution in [0.5, 0.6) is 0 Å². The second-order valence-corrected chi connectivity index (χ2v) is 6.49. The number of benzene rings is 1. The monoisotopic (exact) mass is 333 g/mol. The van der Waals surface area contributed by atoms with Crippen LogP contribution in [0.3, 0.4) is 0 Å². The van der Waals surface area contributed by atoms with Gasteiger partial charge < -0.3 is 20.7 Å². The number of guanidine groups is 1. The lowest BCUT2D eigenvalue weighted by atomic mass is 10.1. The minimum absolute atomic E-state index is 0.523. The molecular formula is C18H31N5O. The topological polar surface area (TPSA) is 66.1 Å². The maximum absolute atomic E-state index is 5.94. The molecule has 1 saturated heterocycles. The molecule has 0 spiro atoms. The van der Waals surface area contributed by atoms with E-state index in [1.165, 1.54) is 11.1 Å². The molecule has 134 valence electrons. The fourth-order valence-corrected chi connectivity index (χ4v) is 2.69. The first-order valence-electron chi connectivity index (χ1n) is 8.70. The molecule has 3 N–H and O–H groups in total. The summed E-state index contributed by atoms with van der Waals surface area (Å²) in [6.07, 6.45) is 1.06. The number of hydrogen-bond acceptors (Lipinski definition) is 4. The highest BCUT2D eigenvalue weighted by molar-refractivity contribution is 5.77. The van der Waals surface area contributed by atoms with E-state index in [1.54, 1.807) is 0 Å². The van der Waals surface area contributed by atoms with E-state index in [0.29, 0.717) is 12.5 Å². The summed E-state index contributed by atoms with van der Waals surface area (Å²) in [7, 11) is 4.15. The van der Waals surface area contributed by atoms with Gasteiger partial charge in [-0.1, -0.05) is 24.3 Å². The zero-order chi connectivity index (χ0) is 17.2. The Bertz CT molecular complexity index is 495. The third-order valence-corrected chi connectivity index (χ3v) is 4.01. The van der Waals surface area contributed by atoms with Gasteiger partial charge in [0.2, 0.25) is 0 Å². The molecule has 0 unspecified atom stereocenters. The fourth-order valence-electron chi connectivity index (χ4n) is 2.69. The Labute approximate surface area is 145 Å². The average molecular weight is 333 g/mol. The Morgan fingerprint density at radius 1 is 1.21 bits per heavy atom. The van der Waals surface area contributed by atoms with Gasteiger partial charge in [0.25, 0.3) is 0 Å². The lowest BCUT2D eigenvalue weighted by Gasteiger charge is -2.26. The predicted molar refractivity (Wildman–Crippen MR) is 99.0 cm³/mol. The van der Waals surface area contributed by atoms with Crippen LogP contribution < -0.4 is 11.1 Å². The first-order valence-corrected chi connectivity index (χ1v) is 8.70. The predicted octanol–water partition coefficient (Wildman–Crippen LogP) is 0.875. The van der Waals surface area contributed by atoms with Crippen molar-refractivity contribution in [1.29, 1.82) is 0 Å². The van der Waals surface area contributed by atoms with Crippen molar-refractivity contribution in [1.82, 2.24) is 15.1 Å². The molecule has 0 aromatic heterocycles. The van der Waals surface area contributed by atoms with Gasteiger partial charge >= 0.3 is 0 Å². The van der Waals surface area contributed by atoms with Crippen molar-refractivity contribution >= 4 is 5.96 Å². The Morgan fingerprint density at radius 3 is 2.54 bits per heavy atom. The number of rotatable bonds is 8. The summed E-state index contributed by atoms with van der Waals surface area (Å²) in [6, 6.07) is 8.54. The molecule has 0 amide bonds. The minimum Gasteiger partial charge on any atom is -0.379 e. The zero-order valence-corrected chi connectivity index (χ0v) is 15.0. The van der Waals surface area contributed by atoms with E-state index >= 15 is 0 Å². The van der Waals surface area contributed by atoms with Crippen molar-refractivity contribution in [2.24, 2.45) is 10.7 Å². The first kappa shape index (κ1) is 18.7. The third-order valence-electron chi connectivity index (χ3n) is 4.01. The van der Waals surface area contributed by atoms with E-state index in [0.717, 1.165) is 52.4 Å². The van der Waals surface area contributed by atoms with Gasteiger partial charge in [0.05, 0.1) is 19.8 Å². The van der Waals surface area contributed by atoms with Crippen LogP contribution in [-0.4, -0.2) is 69.2 Å². The van der Waals surface area contributed by atoms with Gasteiger partial charge in [0.1, 0.15) is 0 Å². The molecular weight excluding hydrogens is 302 g/mol. The highest BCUT2D eigenvalue weighted by Gasteiger charge is 2.08.